The highest BCUT2D eigenvalue weighted by molar-refractivity contribution is 5.91. The zero-order valence-electron chi connectivity index (χ0n) is 7.90. The Morgan fingerprint density at radius 2 is 2.20 bits per heavy atom. The number of nitrogen functional groups attached to an aromatic ring is 1. The Morgan fingerprint density at radius 1 is 1.27 bits per heavy atom. The van der Waals surface area contributed by atoms with Crippen molar-refractivity contribution in [3.05, 3.63) is 36.6 Å². The van der Waals surface area contributed by atoms with Crippen LogP contribution in [0.4, 0.5) is 5.82 Å². The molecule has 3 aromatic rings. The summed E-state index contributed by atoms with van der Waals surface area (Å²) in [5.74, 6) is 1.36. The predicted octanol–water partition coefficient (Wildman–Crippen LogP) is 2.41. The Labute approximate surface area is 85.7 Å². The minimum atomic E-state index is 0.524. The molecule has 0 saturated carbocycles. The van der Waals surface area contributed by atoms with Gasteiger partial charge in [0, 0.05) is 10.9 Å². The van der Waals surface area contributed by atoms with Gasteiger partial charge in [0.25, 0.3) is 0 Å². The molecule has 0 saturated heterocycles. The zero-order chi connectivity index (χ0) is 10.3. The zero-order valence-corrected chi connectivity index (χ0v) is 7.90. The van der Waals surface area contributed by atoms with Crippen LogP contribution in [0.1, 0.15) is 0 Å². The first-order valence-electron chi connectivity index (χ1n) is 4.62. The van der Waals surface area contributed by atoms with Gasteiger partial charge in [-0.15, -0.1) is 0 Å². The van der Waals surface area contributed by atoms with Crippen LogP contribution in [0, 0.1) is 0 Å². The van der Waals surface area contributed by atoms with Crippen molar-refractivity contribution in [1.29, 1.82) is 0 Å². The maximum Gasteiger partial charge on any atom is 0.153 e. The number of H-pyrrole nitrogens is 1. The lowest BCUT2D eigenvalue weighted by atomic mass is 10.1. The molecule has 3 N–H and O–H groups in total. The molecule has 1 aromatic carbocycles. The van der Waals surface area contributed by atoms with Crippen molar-refractivity contribution in [2.45, 2.75) is 0 Å². The highest BCUT2D eigenvalue weighted by atomic mass is 16.3. The second-order valence-corrected chi connectivity index (χ2v) is 3.35. The minimum Gasteiger partial charge on any atom is -0.464 e. The van der Waals surface area contributed by atoms with Gasteiger partial charge in [0.1, 0.15) is 5.76 Å². The van der Waals surface area contributed by atoms with Gasteiger partial charge in [-0.3, -0.25) is 5.10 Å². The average Bonchev–Trinajstić information content (AvgIpc) is 2.88. The average molecular weight is 199 g/mol. The maximum atomic E-state index is 5.68. The van der Waals surface area contributed by atoms with E-state index < -0.39 is 0 Å². The Morgan fingerprint density at radius 3 is 3.00 bits per heavy atom. The van der Waals surface area contributed by atoms with Gasteiger partial charge in [-0.2, -0.15) is 5.10 Å². The van der Waals surface area contributed by atoms with E-state index in [1.807, 2.05) is 30.3 Å². The van der Waals surface area contributed by atoms with E-state index >= 15 is 0 Å². The van der Waals surface area contributed by atoms with Crippen LogP contribution >= 0.6 is 0 Å². The molecule has 0 atom stereocenters. The normalized spacial score (nSPS) is 10.9. The van der Waals surface area contributed by atoms with Crippen LogP contribution in [0.5, 0.6) is 0 Å². The summed E-state index contributed by atoms with van der Waals surface area (Å²) >= 11 is 0. The molecular formula is C11H9N3O. The van der Waals surface area contributed by atoms with Crippen molar-refractivity contribution in [2.75, 3.05) is 5.73 Å². The van der Waals surface area contributed by atoms with Gasteiger partial charge in [0.15, 0.2) is 5.82 Å². The summed E-state index contributed by atoms with van der Waals surface area (Å²) in [6.45, 7) is 0. The lowest BCUT2D eigenvalue weighted by molar-refractivity contribution is 0.582. The highest BCUT2D eigenvalue weighted by Crippen LogP contribution is 2.25. The van der Waals surface area contributed by atoms with Crippen LogP contribution in [0.25, 0.3) is 22.2 Å². The fraction of sp³-hybridized carbons (Fsp3) is 0. The summed E-state index contributed by atoms with van der Waals surface area (Å²) < 4.78 is 5.31. The van der Waals surface area contributed by atoms with Crippen molar-refractivity contribution >= 4 is 16.7 Å². The molecule has 0 radical (unpaired) electrons. The van der Waals surface area contributed by atoms with Crippen LogP contribution in [0.3, 0.4) is 0 Å². The van der Waals surface area contributed by atoms with E-state index in [1.165, 1.54) is 0 Å². The molecule has 0 spiro atoms. The molecule has 0 bridgehead atoms. The fourth-order valence-electron chi connectivity index (χ4n) is 1.64. The minimum absolute atomic E-state index is 0.524. The number of nitrogens with two attached hydrogens (primary N) is 1. The number of nitrogens with one attached hydrogen (secondary N) is 1. The third-order valence-electron chi connectivity index (χ3n) is 2.40. The van der Waals surface area contributed by atoms with E-state index in [1.54, 1.807) is 6.26 Å². The van der Waals surface area contributed by atoms with Crippen molar-refractivity contribution in [1.82, 2.24) is 10.2 Å². The van der Waals surface area contributed by atoms with E-state index in [9.17, 15) is 0 Å². The second kappa shape index (κ2) is 2.88. The third-order valence-corrected chi connectivity index (χ3v) is 2.40. The van der Waals surface area contributed by atoms with Crippen molar-refractivity contribution in [3.8, 4) is 11.3 Å². The quantitative estimate of drug-likeness (QED) is 0.632. The summed E-state index contributed by atoms with van der Waals surface area (Å²) in [4.78, 5) is 0. The van der Waals surface area contributed by atoms with E-state index in [2.05, 4.69) is 10.2 Å². The summed E-state index contributed by atoms with van der Waals surface area (Å²) in [5, 5.41) is 7.75. The standard InChI is InChI=1S/C11H9N3O/c12-11-8-4-3-7(6-9(8)13-14-11)10-2-1-5-15-10/h1-6H,(H3,12,13,14). The second-order valence-electron chi connectivity index (χ2n) is 3.35. The Kier molecular flexibility index (Phi) is 1.56. The van der Waals surface area contributed by atoms with Gasteiger partial charge in [0.05, 0.1) is 11.8 Å². The molecule has 3 rings (SSSR count). The van der Waals surface area contributed by atoms with Crippen LogP contribution in [-0.2, 0) is 0 Å². The lowest BCUT2D eigenvalue weighted by Crippen LogP contribution is -1.83. The number of aromatic amines is 1. The van der Waals surface area contributed by atoms with Crippen molar-refractivity contribution in [3.63, 3.8) is 0 Å². The lowest BCUT2D eigenvalue weighted by Gasteiger charge is -1.96. The predicted molar refractivity (Wildman–Crippen MR) is 58.2 cm³/mol. The van der Waals surface area contributed by atoms with Gasteiger partial charge in [-0.1, -0.05) is 6.07 Å². The molecule has 0 aliphatic carbocycles. The Balaban J connectivity index is 2.23. The van der Waals surface area contributed by atoms with Crippen LogP contribution in [-0.4, -0.2) is 10.2 Å². The van der Waals surface area contributed by atoms with Crippen LogP contribution in [0.15, 0.2) is 41.0 Å². The largest absolute Gasteiger partial charge is 0.464 e. The van der Waals surface area contributed by atoms with Crippen molar-refractivity contribution < 1.29 is 4.42 Å². The van der Waals surface area contributed by atoms with Gasteiger partial charge in [0.2, 0.25) is 0 Å². The van der Waals surface area contributed by atoms with Crippen molar-refractivity contribution in [2.24, 2.45) is 0 Å². The Bertz CT molecular complexity index is 595. The molecule has 2 heterocycles. The number of rotatable bonds is 1. The molecule has 0 unspecified atom stereocenters. The summed E-state index contributed by atoms with van der Waals surface area (Å²) in [6.07, 6.45) is 1.65. The molecular weight excluding hydrogens is 190 g/mol. The molecule has 4 heteroatoms. The first kappa shape index (κ1) is 8.11. The van der Waals surface area contributed by atoms with E-state index in [0.717, 1.165) is 22.2 Å². The van der Waals surface area contributed by atoms with Gasteiger partial charge in [-0.05, 0) is 24.3 Å². The SMILES string of the molecule is Nc1n[nH]c2cc(-c3ccco3)ccc12. The number of hydrogen-bond donors (Lipinski definition) is 2. The molecule has 2 aromatic heterocycles. The Hall–Kier alpha value is -2.23. The molecule has 0 fully saturated rings. The molecule has 0 amide bonds. The van der Waals surface area contributed by atoms with Crippen LogP contribution in [0.2, 0.25) is 0 Å². The molecule has 0 aliphatic heterocycles. The topological polar surface area (TPSA) is 67.8 Å². The number of nitrogens with zero attached hydrogens (tertiary/aromatic N) is 1. The molecule has 4 nitrogen and oxygen atoms in total. The van der Waals surface area contributed by atoms with E-state index in [0.29, 0.717) is 5.82 Å². The number of fused-ring (bicyclic) bond motifs is 1. The number of furan rings is 1. The first-order chi connectivity index (χ1) is 7.34. The first-order valence-corrected chi connectivity index (χ1v) is 4.62. The number of aromatic nitrogens is 2. The third kappa shape index (κ3) is 1.19. The highest BCUT2D eigenvalue weighted by Gasteiger charge is 2.05. The fourth-order valence-corrected chi connectivity index (χ4v) is 1.64. The van der Waals surface area contributed by atoms with Gasteiger partial charge >= 0.3 is 0 Å². The number of anilines is 1. The smallest absolute Gasteiger partial charge is 0.153 e. The summed E-state index contributed by atoms with van der Waals surface area (Å²) in [6, 6.07) is 9.65. The molecule has 0 aliphatic rings. The summed E-state index contributed by atoms with van der Waals surface area (Å²) in [5.41, 5.74) is 7.61. The number of hydrogen-bond acceptors (Lipinski definition) is 3. The van der Waals surface area contributed by atoms with Crippen LogP contribution < -0.4 is 5.73 Å². The monoisotopic (exact) mass is 199 g/mol. The maximum absolute atomic E-state index is 5.68. The molecule has 15 heavy (non-hydrogen) atoms. The molecule has 74 valence electrons. The van der Waals surface area contributed by atoms with E-state index in [4.69, 9.17) is 10.2 Å². The van der Waals surface area contributed by atoms with E-state index in [-0.39, 0.29) is 0 Å². The van der Waals surface area contributed by atoms with Gasteiger partial charge in [-0.25, -0.2) is 0 Å². The number of benzene rings is 1. The van der Waals surface area contributed by atoms with Gasteiger partial charge < -0.3 is 10.2 Å². The summed E-state index contributed by atoms with van der Waals surface area (Å²) in [7, 11) is 0.